The highest BCUT2D eigenvalue weighted by Crippen LogP contribution is 2.33. The van der Waals surface area contributed by atoms with E-state index in [2.05, 4.69) is 0 Å². The van der Waals surface area contributed by atoms with Gasteiger partial charge in [0.15, 0.2) is 6.23 Å². The number of ether oxygens (including phenoxy) is 1. The van der Waals surface area contributed by atoms with Crippen LogP contribution < -0.4 is 15.6 Å². The Labute approximate surface area is 179 Å². The zero-order chi connectivity index (χ0) is 23.0. The van der Waals surface area contributed by atoms with Gasteiger partial charge in [-0.25, -0.2) is 13.2 Å². The van der Waals surface area contributed by atoms with Crippen molar-refractivity contribution in [2.45, 2.75) is 17.7 Å². The van der Waals surface area contributed by atoms with E-state index in [1.807, 2.05) is 4.98 Å². The molecule has 13 heteroatoms. The van der Waals surface area contributed by atoms with E-state index < -0.39 is 44.8 Å². The molecule has 1 aromatic heterocycles. The van der Waals surface area contributed by atoms with Gasteiger partial charge in [0, 0.05) is 17.7 Å². The fourth-order valence-corrected chi connectivity index (χ4v) is 4.79. The molecule has 0 saturated heterocycles. The maximum Gasteiger partial charge on any atom is 0.330 e. The largest absolute Gasteiger partial charge is 0.351 e. The third-order valence-corrected chi connectivity index (χ3v) is 6.68. The predicted molar refractivity (Wildman–Crippen MR) is 109 cm³/mol. The summed E-state index contributed by atoms with van der Waals surface area (Å²) < 4.78 is 48.2. The lowest BCUT2D eigenvalue weighted by Gasteiger charge is -2.27. The Hall–Kier alpha value is -3.84. The van der Waals surface area contributed by atoms with Gasteiger partial charge in [-0.3, -0.25) is 28.8 Å². The summed E-state index contributed by atoms with van der Waals surface area (Å²) in [6, 6.07) is 10.8. The number of rotatable bonds is 4. The van der Waals surface area contributed by atoms with Gasteiger partial charge in [-0.05, 0) is 18.2 Å². The lowest BCUT2D eigenvalue weighted by atomic mass is 10.2. The summed E-state index contributed by atoms with van der Waals surface area (Å²) in [6.07, 6.45) is -0.618. The Morgan fingerprint density at radius 3 is 2.50 bits per heavy atom. The van der Waals surface area contributed by atoms with Crippen molar-refractivity contribution in [1.82, 2.24) is 9.55 Å². The number of nitrogens with zero attached hydrogens (tertiary/aromatic N) is 3. The second kappa shape index (κ2) is 8.01. The minimum Gasteiger partial charge on any atom is -0.351 e. The van der Waals surface area contributed by atoms with Crippen LogP contribution in [0.4, 0.5) is 15.8 Å². The molecular weight excluding hydrogens is 447 g/mol. The van der Waals surface area contributed by atoms with Gasteiger partial charge < -0.3 is 4.74 Å². The fraction of sp³-hybridized carbons (Fsp3) is 0.158. The third-order valence-electron chi connectivity index (χ3n) is 4.88. The number of H-pyrrole nitrogens is 1. The summed E-state index contributed by atoms with van der Waals surface area (Å²) in [7, 11) is -4.26. The summed E-state index contributed by atoms with van der Waals surface area (Å²) in [5, 5.41) is 10.9. The van der Waals surface area contributed by atoms with Crippen molar-refractivity contribution < 1.29 is 22.5 Å². The molecule has 0 fully saturated rings. The molecule has 2 heterocycles. The number of nitro groups is 1. The smallest absolute Gasteiger partial charge is 0.330 e. The second-order valence-electron chi connectivity index (χ2n) is 6.83. The number of hydrogen-bond donors (Lipinski definition) is 1. The lowest BCUT2D eigenvalue weighted by Crippen LogP contribution is -2.41. The number of anilines is 1. The van der Waals surface area contributed by atoms with Gasteiger partial charge in [0.05, 0.1) is 34.9 Å². The van der Waals surface area contributed by atoms with Crippen LogP contribution in [-0.4, -0.2) is 29.4 Å². The van der Waals surface area contributed by atoms with Crippen LogP contribution in [0.1, 0.15) is 11.8 Å². The summed E-state index contributed by atoms with van der Waals surface area (Å²) in [5.41, 5.74) is -1.71. The number of nitrogens with one attached hydrogen (secondary N) is 1. The molecule has 32 heavy (non-hydrogen) atoms. The van der Waals surface area contributed by atoms with Gasteiger partial charge in [0.25, 0.3) is 21.3 Å². The number of halogens is 1. The van der Waals surface area contributed by atoms with Crippen molar-refractivity contribution >= 4 is 21.4 Å². The Morgan fingerprint density at radius 2 is 1.81 bits per heavy atom. The lowest BCUT2D eigenvalue weighted by molar-refractivity contribution is -0.384. The zero-order valence-corrected chi connectivity index (χ0v) is 17.0. The maximum atomic E-state index is 13.8. The van der Waals surface area contributed by atoms with Gasteiger partial charge in [0.2, 0.25) is 5.82 Å². The molecule has 0 radical (unpaired) electrons. The van der Waals surface area contributed by atoms with Crippen molar-refractivity contribution in [1.29, 1.82) is 0 Å². The third kappa shape index (κ3) is 3.78. The summed E-state index contributed by atoms with van der Waals surface area (Å²) in [6.45, 7) is -0.526. The normalized spacial score (nSPS) is 16.3. The van der Waals surface area contributed by atoms with Gasteiger partial charge in [0.1, 0.15) is 0 Å². The van der Waals surface area contributed by atoms with Crippen LogP contribution >= 0.6 is 0 Å². The Morgan fingerprint density at radius 1 is 1.12 bits per heavy atom. The topological polar surface area (TPSA) is 145 Å². The average molecular weight is 462 g/mol. The number of fused-ring (bicyclic) bond motifs is 1. The Balaban J connectivity index is 1.82. The van der Waals surface area contributed by atoms with Gasteiger partial charge in [-0.15, -0.1) is 0 Å². The summed E-state index contributed by atoms with van der Waals surface area (Å²) >= 11 is 0. The first kappa shape index (κ1) is 21.4. The number of non-ortho nitro benzene ring substituents is 1. The molecule has 0 spiro atoms. The Kier molecular flexibility index (Phi) is 5.36. The molecule has 11 nitrogen and oxygen atoms in total. The van der Waals surface area contributed by atoms with Gasteiger partial charge >= 0.3 is 5.69 Å². The molecule has 0 aliphatic carbocycles. The van der Waals surface area contributed by atoms with Crippen molar-refractivity contribution in [3.05, 3.63) is 97.1 Å². The zero-order valence-electron chi connectivity index (χ0n) is 16.2. The van der Waals surface area contributed by atoms with E-state index in [0.29, 0.717) is 11.8 Å². The van der Waals surface area contributed by atoms with E-state index in [1.165, 1.54) is 0 Å². The minimum absolute atomic E-state index is 0.0969. The van der Waals surface area contributed by atoms with Gasteiger partial charge in [-0.1, -0.05) is 18.2 Å². The van der Waals surface area contributed by atoms with Crippen molar-refractivity contribution in [2.75, 3.05) is 10.8 Å². The second-order valence-corrected chi connectivity index (χ2v) is 8.69. The van der Waals surface area contributed by atoms with E-state index >= 15 is 0 Å². The molecule has 1 atom stereocenters. The molecular formula is C19H15FN4O7S. The highest BCUT2D eigenvalue weighted by molar-refractivity contribution is 7.92. The number of aromatic amines is 1. The number of hydrogen-bond acceptors (Lipinski definition) is 7. The molecule has 2 aromatic carbocycles. The molecule has 0 saturated carbocycles. The van der Waals surface area contributed by atoms with Crippen LogP contribution in [0.3, 0.4) is 0 Å². The first-order valence-electron chi connectivity index (χ1n) is 9.16. The molecule has 0 unspecified atom stereocenters. The number of nitro benzene ring substituents is 1. The molecule has 3 aromatic rings. The standard InChI is InChI=1S/C19H15FN4O7S/c20-15-9-22(19(26)21-18(15)25)17-10-23(16-4-2-1-3-12(16)11-31-17)32(29,30)14-7-5-13(6-8-14)24(27)28/h1-9,17H,10-11H2,(H,21,25,26)/t17-/m1/s1. The van der Waals surface area contributed by atoms with Crippen LogP contribution in [0.5, 0.6) is 0 Å². The minimum atomic E-state index is -4.26. The van der Waals surface area contributed by atoms with Crippen LogP contribution in [0.2, 0.25) is 0 Å². The number of para-hydroxylation sites is 1. The first-order valence-corrected chi connectivity index (χ1v) is 10.6. The van der Waals surface area contributed by atoms with E-state index in [1.54, 1.807) is 24.3 Å². The van der Waals surface area contributed by atoms with E-state index in [9.17, 15) is 32.5 Å². The predicted octanol–water partition coefficient (Wildman–Crippen LogP) is 1.51. The highest BCUT2D eigenvalue weighted by atomic mass is 32.2. The number of benzene rings is 2. The molecule has 4 rings (SSSR count). The quantitative estimate of drug-likeness (QED) is 0.457. The number of sulfonamides is 1. The van der Waals surface area contributed by atoms with Crippen LogP contribution in [-0.2, 0) is 21.4 Å². The SMILES string of the molecule is O=c1[nH]c(=O)n([C@H]2CN(S(=O)(=O)c3ccc([N+](=O)[O-])cc3)c3ccccc3CO2)cc1F. The first-order chi connectivity index (χ1) is 15.2. The molecule has 1 N–H and O–H groups in total. The summed E-state index contributed by atoms with van der Waals surface area (Å²) in [5.74, 6) is -1.24. The van der Waals surface area contributed by atoms with Crippen molar-refractivity contribution in [3.63, 3.8) is 0 Å². The van der Waals surface area contributed by atoms with Crippen molar-refractivity contribution in [2.24, 2.45) is 0 Å². The van der Waals surface area contributed by atoms with Crippen LogP contribution in [0, 0.1) is 15.9 Å². The van der Waals surface area contributed by atoms with Gasteiger partial charge in [-0.2, -0.15) is 4.39 Å². The van der Waals surface area contributed by atoms with Crippen LogP contribution in [0.15, 0.2) is 69.2 Å². The van der Waals surface area contributed by atoms with E-state index in [4.69, 9.17) is 4.74 Å². The molecule has 0 bridgehead atoms. The monoisotopic (exact) mass is 462 g/mol. The molecule has 0 amide bonds. The maximum absolute atomic E-state index is 13.8. The summed E-state index contributed by atoms with van der Waals surface area (Å²) in [4.78, 5) is 35.4. The Bertz CT molecular complexity index is 1420. The average Bonchev–Trinajstić information content (AvgIpc) is 2.97. The fourth-order valence-electron chi connectivity index (χ4n) is 3.29. The van der Waals surface area contributed by atoms with E-state index in [-0.39, 0.29) is 22.9 Å². The number of aromatic nitrogens is 2. The van der Waals surface area contributed by atoms with Crippen LogP contribution in [0.25, 0.3) is 0 Å². The molecule has 166 valence electrons. The van der Waals surface area contributed by atoms with E-state index in [0.717, 1.165) is 33.1 Å². The van der Waals surface area contributed by atoms with Crippen molar-refractivity contribution in [3.8, 4) is 0 Å². The molecule has 1 aliphatic rings. The highest BCUT2D eigenvalue weighted by Gasteiger charge is 2.33. The molecule has 1 aliphatic heterocycles.